The molecule has 0 unspecified atom stereocenters. The van der Waals surface area contributed by atoms with Crippen molar-refractivity contribution >= 4 is 11.8 Å². The highest BCUT2D eigenvalue weighted by Gasteiger charge is 2.53. The zero-order valence-electron chi connectivity index (χ0n) is 18.1. The number of likely N-dealkylation sites (tertiary alicyclic amines) is 3. The summed E-state index contributed by atoms with van der Waals surface area (Å²) in [4.78, 5) is 32.4. The number of nitrogens with zero attached hydrogens (tertiary/aromatic N) is 6. The smallest absolute Gasteiger partial charge is 0.254 e. The van der Waals surface area contributed by atoms with Gasteiger partial charge in [-0.25, -0.2) is 0 Å². The summed E-state index contributed by atoms with van der Waals surface area (Å²) < 4.78 is 1.81. The number of amides is 2. The summed E-state index contributed by atoms with van der Waals surface area (Å²) in [6, 6.07) is 7.56. The van der Waals surface area contributed by atoms with Gasteiger partial charge in [-0.05, 0) is 76.0 Å². The van der Waals surface area contributed by atoms with Crippen LogP contribution < -0.4 is 0 Å². The van der Waals surface area contributed by atoms with Crippen LogP contribution in [0.15, 0.2) is 36.9 Å². The lowest BCUT2D eigenvalue weighted by Gasteiger charge is -2.53. The van der Waals surface area contributed by atoms with Gasteiger partial charge < -0.3 is 14.7 Å². The second-order valence-corrected chi connectivity index (χ2v) is 9.40. The van der Waals surface area contributed by atoms with Gasteiger partial charge >= 0.3 is 0 Å². The van der Waals surface area contributed by atoms with Gasteiger partial charge in [0.15, 0.2) is 0 Å². The lowest BCUT2D eigenvalue weighted by Crippen LogP contribution is -2.70. The van der Waals surface area contributed by atoms with Gasteiger partial charge in [0.1, 0.15) is 12.7 Å². The summed E-state index contributed by atoms with van der Waals surface area (Å²) in [5.41, 5.74) is 1.44. The maximum absolute atomic E-state index is 13.3. The minimum atomic E-state index is -0.174. The lowest BCUT2D eigenvalue weighted by atomic mass is 9.85. The first-order chi connectivity index (χ1) is 15.0. The summed E-state index contributed by atoms with van der Waals surface area (Å²) in [7, 11) is 2.14. The van der Waals surface area contributed by atoms with Crippen LogP contribution in [0.25, 0.3) is 5.69 Å². The molecule has 0 radical (unpaired) electrons. The molecule has 8 nitrogen and oxygen atoms in total. The van der Waals surface area contributed by atoms with Crippen LogP contribution in [-0.4, -0.2) is 86.6 Å². The molecule has 3 fully saturated rings. The molecular formula is C23H30N6O2. The van der Waals surface area contributed by atoms with Gasteiger partial charge in [0.25, 0.3) is 5.91 Å². The van der Waals surface area contributed by atoms with Crippen LogP contribution in [0.4, 0.5) is 0 Å². The Morgan fingerprint density at radius 3 is 2.39 bits per heavy atom. The molecule has 3 aliphatic rings. The van der Waals surface area contributed by atoms with E-state index in [0.717, 1.165) is 51.0 Å². The molecule has 164 valence electrons. The molecule has 2 aromatic rings. The minimum Gasteiger partial charge on any atom is -0.338 e. The average molecular weight is 423 g/mol. The van der Waals surface area contributed by atoms with Crippen molar-refractivity contribution in [3.8, 4) is 5.69 Å². The normalized spacial score (nSPS) is 21.5. The van der Waals surface area contributed by atoms with E-state index in [2.05, 4.69) is 22.1 Å². The van der Waals surface area contributed by atoms with Crippen molar-refractivity contribution in [3.63, 3.8) is 0 Å². The highest BCUT2D eigenvalue weighted by Crippen LogP contribution is 2.39. The van der Waals surface area contributed by atoms with Crippen LogP contribution in [0, 0.1) is 5.92 Å². The first-order valence-electron chi connectivity index (χ1n) is 11.3. The van der Waals surface area contributed by atoms with E-state index < -0.39 is 0 Å². The minimum absolute atomic E-state index is 0.0650. The highest BCUT2D eigenvalue weighted by atomic mass is 16.2. The van der Waals surface area contributed by atoms with Crippen molar-refractivity contribution < 1.29 is 9.59 Å². The fourth-order valence-corrected chi connectivity index (χ4v) is 5.33. The van der Waals surface area contributed by atoms with E-state index in [9.17, 15) is 9.59 Å². The van der Waals surface area contributed by atoms with E-state index in [-0.39, 0.29) is 17.4 Å². The molecule has 4 heterocycles. The van der Waals surface area contributed by atoms with Gasteiger partial charge in [-0.1, -0.05) is 0 Å². The summed E-state index contributed by atoms with van der Waals surface area (Å²) in [6.07, 6.45) is 8.13. The second-order valence-electron chi connectivity index (χ2n) is 9.40. The van der Waals surface area contributed by atoms with Crippen molar-refractivity contribution in [2.24, 2.45) is 5.92 Å². The van der Waals surface area contributed by atoms with E-state index in [0.29, 0.717) is 31.0 Å². The predicted molar refractivity (Wildman–Crippen MR) is 116 cm³/mol. The van der Waals surface area contributed by atoms with E-state index in [4.69, 9.17) is 0 Å². The predicted octanol–water partition coefficient (Wildman–Crippen LogP) is 1.82. The number of hydrogen-bond donors (Lipinski definition) is 0. The zero-order valence-corrected chi connectivity index (χ0v) is 18.1. The Balaban J connectivity index is 1.20. The molecule has 1 aromatic heterocycles. The Bertz CT molecular complexity index is 927. The number of aromatic nitrogens is 3. The molecule has 1 aromatic carbocycles. The number of carbonyl (C=O) groups excluding carboxylic acids is 2. The second kappa shape index (κ2) is 8.07. The molecule has 0 bridgehead atoms. The zero-order chi connectivity index (χ0) is 21.4. The average Bonchev–Trinajstić information content (AvgIpc) is 3.44. The number of benzene rings is 1. The number of piperidine rings is 1. The fraction of sp³-hybridized carbons (Fsp3) is 0.565. The van der Waals surface area contributed by atoms with Crippen LogP contribution in [0.1, 0.15) is 42.5 Å². The molecule has 2 amide bonds. The summed E-state index contributed by atoms with van der Waals surface area (Å²) >= 11 is 0. The molecule has 3 aliphatic heterocycles. The number of rotatable bonds is 4. The highest BCUT2D eigenvalue weighted by molar-refractivity contribution is 5.95. The van der Waals surface area contributed by atoms with Gasteiger partial charge in [-0.15, -0.1) is 10.2 Å². The van der Waals surface area contributed by atoms with Gasteiger partial charge in [-0.3, -0.25) is 14.2 Å². The summed E-state index contributed by atoms with van der Waals surface area (Å²) in [5, 5.41) is 7.64. The fourth-order valence-electron chi connectivity index (χ4n) is 5.33. The third-order valence-electron chi connectivity index (χ3n) is 7.30. The van der Waals surface area contributed by atoms with E-state index in [1.54, 1.807) is 12.7 Å². The van der Waals surface area contributed by atoms with Crippen LogP contribution >= 0.6 is 0 Å². The monoisotopic (exact) mass is 422 g/mol. The Kier molecular flexibility index (Phi) is 5.25. The molecule has 3 saturated heterocycles. The first kappa shape index (κ1) is 20.2. The molecule has 0 N–H and O–H groups in total. The Morgan fingerprint density at radius 1 is 1.03 bits per heavy atom. The van der Waals surface area contributed by atoms with Crippen molar-refractivity contribution in [1.82, 2.24) is 29.5 Å². The van der Waals surface area contributed by atoms with E-state index in [1.165, 1.54) is 0 Å². The SMILES string of the molecule is CN1CCC(CC(=O)N2CC3(CCCN3C(=O)c3ccc(-n4cnnc4)cc3)C2)CC1. The summed E-state index contributed by atoms with van der Waals surface area (Å²) in [6.45, 7) is 4.30. The van der Waals surface area contributed by atoms with Gasteiger partial charge in [0.05, 0.1) is 5.54 Å². The van der Waals surface area contributed by atoms with Crippen LogP contribution in [0.5, 0.6) is 0 Å². The van der Waals surface area contributed by atoms with Crippen LogP contribution in [-0.2, 0) is 4.79 Å². The third-order valence-corrected chi connectivity index (χ3v) is 7.30. The van der Waals surface area contributed by atoms with Crippen molar-refractivity contribution in [1.29, 1.82) is 0 Å². The maximum atomic E-state index is 13.3. The topological polar surface area (TPSA) is 74.6 Å². The van der Waals surface area contributed by atoms with Gasteiger partial charge in [0.2, 0.25) is 5.91 Å². The Hall–Kier alpha value is -2.74. The molecule has 0 atom stereocenters. The van der Waals surface area contributed by atoms with Crippen molar-refractivity contribution in [2.75, 3.05) is 39.8 Å². The molecule has 31 heavy (non-hydrogen) atoms. The van der Waals surface area contributed by atoms with E-state index in [1.807, 2.05) is 38.6 Å². The van der Waals surface area contributed by atoms with Gasteiger partial charge in [0, 0.05) is 37.3 Å². The van der Waals surface area contributed by atoms with Crippen LogP contribution in [0.3, 0.4) is 0 Å². The molecule has 0 saturated carbocycles. The number of carbonyl (C=O) groups is 2. The quantitative estimate of drug-likeness (QED) is 0.751. The molecule has 0 aliphatic carbocycles. The lowest BCUT2D eigenvalue weighted by molar-refractivity contribution is -0.144. The maximum Gasteiger partial charge on any atom is 0.254 e. The van der Waals surface area contributed by atoms with Crippen LogP contribution in [0.2, 0.25) is 0 Å². The van der Waals surface area contributed by atoms with E-state index >= 15 is 0 Å². The molecular weight excluding hydrogens is 392 g/mol. The number of hydrogen-bond acceptors (Lipinski definition) is 5. The third kappa shape index (κ3) is 3.84. The Labute approximate surface area is 182 Å². The van der Waals surface area contributed by atoms with Crippen molar-refractivity contribution in [3.05, 3.63) is 42.5 Å². The summed E-state index contributed by atoms with van der Waals surface area (Å²) in [5.74, 6) is 0.832. The molecule has 8 heteroatoms. The molecule has 5 rings (SSSR count). The first-order valence-corrected chi connectivity index (χ1v) is 11.3. The molecule has 1 spiro atoms. The standard InChI is InChI=1S/C23H30N6O2/c1-26-11-7-18(8-12-26)13-21(30)27-14-23(15-27)9-2-10-29(23)22(31)19-3-5-20(6-4-19)28-16-24-25-17-28/h3-6,16-18H,2,7-15H2,1H3. The Morgan fingerprint density at radius 2 is 1.71 bits per heavy atom. The van der Waals surface area contributed by atoms with Gasteiger partial charge in [-0.2, -0.15) is 0 Å². The largest absolute Gasteiger partial charge is 0.338 e. The van der Waals surface area contributed by atoms with Crippen molar-refractivity contribution in [2.45, 2.75) is 37.6 Å².